The van der Waals surface area contributed by atoms with Crippen molar-refractivity contribution in [1.29, 1.82) is 0 Å². The number of Topliss-reactive ketones (excluding diaryl/α,β-unsaturated/α-hetero) is 1. The summed E-state index contributed by atoms with van der Waals surface area (Å²) in [6.07, 6.45) is 0.226. The molecule has 1 aromatic heterocycles. The van der Waals surface area contributed by atoms with Gasteiger partial charge < -0.3 is 30.4 Å². The molecule has 0 aliphatic carbocycles. The Morgan fingerprint density at radius 3 is 2.46 bits per heavy atom. The monoisotopic (exact) mass is 533 g/mol. The minimum Gasteiger partial charge on any atom is -0.387 e. The molecule has 4 rings (SSSR count). The van der Waals surface area contributed by atoms with E-state index in [1.165, 1.54) is 17.9 Å². The lowest BCUT2D eigenvalue weighted by molar-refractivity contribution is -0.127. The van der Waals surface area contributed by atoms with Gasteiger partial charge >= 0.3 is 0 Å². The third kappa shape index (κ3) is 6.02. The highest BCUT2D eigenvalue weighted by atomic mass is 16.3. The number of fused-ring (bicyclic) bond motifs is 2. The van der Waals surface area contributed by atoms with E-state index < -0.39 is 48.9 Å². The molecule has 202 valence electrons. The maximum Gasteiger partial charge on any atom is 0.268 e. The lowest BCUT2D eigenvalue weighted by atomic mass is 10.1. The molecule has 4 N–H and O–H groups in total. The van der Waals surface area contributed by atoms with Crippen LogP contribution in [0.3, 0.4) is 0 Å². The van der Waals surface area contributed by atoms with Gasteiger partial charge in [-0.3, -0.25) is 28.9 Å². The Hall–Kier alpha value is -4.84. The smallest absolute Gasteiger partial charge is 0.268 e. The Balaban J connectivity index is 1.66. The summed E-state index contributed by atoms with van der Waals surface area (Å²) in [6.45, 7) is -0.430. The fourth-order valence-corrected chi connectivity index (χ4v) is 4.45. The molecule has 0 fully saturated rings. The van der Waals surface area contributed by atoms with Gasteiger partial charge in [-0.05, 0) is 31.2 Å². The summed E-state index contributed by atoms with van der Waals surface area (Å²) in [6, 6.07) is 12.8. The summed E-state index contributed by atoms with van der Waals surface area (Å²) < 4.78 is 0. The second-order valence-corrected chi connectivity index (χ2v) is 9.09. The van der Waals surface area contributed by atoms with E-state index in [-0.39, 0.29) is 35.8 Å². The molecule has 0 radical (unpaired) electrons. The Bertz CT molecular complexity index is 1420. The number of aliphatic hydroxyl groups is 1. The van der Waals surface area contributed by atoms with Crippen molar-refractivity contribution >= 4 is 58.0 Å². The first-order valence-corrected chi connectivity index (χ1v) is 12.2. The first kappa shape index (κ1) is 27.2. The largest absolute Gasteiger partial charge is 0.387 e. The fourth-order valence-electron chi connectivity index (χ4n) is 4.45. The minimum atomic E-state index is -1.29. The molecule has 2 heterocycles. The quantitative estimate of drug-likeness (QED) is 0.287. The Morgan fingerprint density at radius 2 is 1.79 bits per heavy atom. The van der Waals surface area contributed by atoms with E-state index in [0.717, 1.165) is 10.3 Å². The first-order valence-electron chi connectivity index (χ1n) is 12.2. The van der Waals surface area contributed by atoms with Crippen molar-refractivity contribution in [3.63, 3.8) is 0 Å². The average Bonchev–Trinajstić information content (AvgIpc) is 3.33. The van der Waals surface area contributed by atoms with E-state index >= 15 is 0 Å². The maximum absolute atomic E-state index is 13.8. The lowest BCUT2D eigenvalue weighted by Gasteiger charge is -2.25. The number of aldehydes is 1. The van der Waals surface area contributed by atoms with Gasteiger partial charge in [0.1, 0.15) is 37.0 Å². The SMILES string of the molecule is CC(=O)C[C@@H](C=O)NC(=O)CN1C(=O)[C@@H](NC(=O)c2cc3ccccc3[nH]2)CN(C(=O)CO)c2ccccc21. The molecule has 1 aliphatic rings. The summed E-state index contributed by atoms with van der Waals surface area (Å²) in [7, 11) is 0. The van der Waals surface area contributed by atoms with E-state index in [2.05, 4.69) is 15.6 Å². The number of H-pyrrole nitrogens is 1. The van der Waals surface area contributed by atoms with Gasteiger partial charge in [0.15, 0.2) is 0 Å². The number of anilines is 2. The Labute approximate surface area is 223 Å². The van der Waals surface area contributed by atoms with Gasteiger partial charge in [0.05, 0.1) is 24.0 Å². The molecular formula is C27H27N5O7. The fraction of sp³-hybridized carbons (Fsp3) is 0.259. The number of rotatable bonds is 9. The van der Waals surface area contributed by atoms with Crippen molar-refractivity contribution in [3.05, 3.63) is 60.3 Å². The number of aromatic amines is 1. The molecule has 39 heavy (non-hydrogen) atoms. The molecule has 12 heteroatoms. The zero-order valence-corrected chi connectivity index (χ0v) is 21.0. The standard InChI is InChI=1S/C27H27N5O7/c1-16(35)10-18(14-33)28-24(36)13-32-23-9-5-4-8-22(23)31(25(37)15-34)12-21(27(32)39)30-26(38)20-11-17-6-2-3-7-19(17)29-20/h2-9,11,14,18,21,29,34H,10,12-13,15H2,1H3,(H,28,36)(H,30,38)/t18-,21-/m0/s1. The number of carbonyl (C=O) groups is 6. The van der Waals surface area contributed by atoms with Crippen LogP contribution < -0.4 is 20.4 Å². The van der Waals surface area contributed by atoms with Gasteiger partial charge in [-0.15, -0.1) is 0 Å². The predicted molar refractivity (Wildman–Crippen MR) is 141 cm³/mol. The second-order valence-electron chi connectivity index (χ2n) is 9.09. The van der Waals surface area contributed by atoms with Crippen molar-refractivity contribution in [2.75, 3.05) is 29.5 Å². The molecule has 12 nitrogen and oxygen atoms in total. The van der Waals surface area contributed by atoms with E-state index in [0.29, 0.717) is 11.8 Å². The molecule has 4 amide bonds. The number of benzene rings is 2. The van der Waals surface area contributed by atoms with E-state index in [1.807, 2.05) is 12.1 Å². The number of aromatic nitrogens is 1. The van der Waals surface area contributed by atoms with Crippen molar-refractivity contribution in [1.82, 2.24) is 15.6 Å². The zero-order chi connectivity index (χ0) is 28.1. The predicted octanol–water partition coefficient (Wildman–Crippen LogP) is 0.301. The Kier molecular flexibility index (Phi) is 8.15. The molecule has 0 bridgehead atoms. The first-order chi connectivity index (χ1) is 18.7. The van der Waals surface area contributed by atoms with Gasteiger partial charge in [0.25, 0.3) is 17.7 Å². The second kappa shape index (κ2) is 11.7. The number of hydrogen-bond donors (Lipinski definition) is 4. The van der Waals surface area contributed by atoms with Gasteiger partial charge in [0, 0.05) is 17.3 Å². The number of ketones is 1. The number of aliphatic hydroxyl groups excluding tert-OH is 1. The van der Waals surface area contributed by atoms with Crippen molar-refractivity contribution in [2.24, 2.45) is 0 Å². The average molecular weight is 534 g/mol. The third-order valence-electron chi connectivity index (χ3n) is 6.23. The van der Waals surface area contributed by atoms with Crippen LogP contribution in [-0.4, -0.2) is 77.6 Å². The van der Waals surface area contributed by atoms with Crippen LogP contribution in [0.4, 0.5) is 11.4 Å². The van der Waals surface area contributed by atoms with Crippen LogP contribution in [0, 0.1) is 0 Å². The topological polar surface area (TPSA) is 169 Å². The number of nitrogens with one attached hydrogen (secondary N) is 3. The van der Waals surface area contributed by atoms with Gasteiger partial charge in [-0.25, -0.2) is 0 Å². The van der Waals surface area contributed by atoms with Gasteiger partial charge in [0.2, 0.25) is 5.91 Å². The van der Waals surface area contributed by atoms with E-state index in [4.69, 9.17) is 0 Å². The van der Waals surface area contributed by atoms with Crippen LogP contribution in [0.2, 0.25) is 0 Å². The third-order valence-corrected chi connectivity index (χ3v) is 6.23. The van der Waals surface area contributed by atoms with Crippen molar-refractivity contribution in [3.8, 4) is 0 Å². The number of hydrogen-bond acceptors (Lipinski definition) is 7. The molecule has 0 unspecified atom stereocenters. The van der Waals surface area contributed by atoms with Gasteiger partial charge in [-0.2, -0.15) is 0 Å². The summed E-state index contributed by atoms with van der Waals surface area (Å²) >= 11 is 0. The number of amides is 4. The molecule has 2 atom stereocenters. The van der Waals surface area contributed by atoms with Crippen LogP contribution in [-0.2, 0) is 24.0 Å². The molecule has 1 aliphatic heterocycles. The van der Waals surface area contributed by atoms with Crippen LogP contribution in [0.1, 0.15) is 23.8 Å². The number of para-hydroxylation sites is 3. The lowest BCUT2D eigenvalue weighted by Crippen LogP contribution is -2.55. The van der Waals surface area contributed by atoms with Crippen molar-refractivity contribution < 1.29 is 33.9 Å². The zero-order valence-electron chi connectivity index (χ0n) is 21.0. The summed E-state index contributed by atoms with van der Waals surface area (Å²) in [5.41, 5.74) is 1.34. The summed E-state index contributed by atoms with van der Waals surface area (Å²) in [4.78, 5) is 80.5. The minimum absolute atomic E-state index is 0.188. The normalized spacial score (nSPS) is 15.7. The van der Waals surface area contributed by atoms with E-state index in [9.17, 15) is 33.9 Å². The van der Waals surface area contributed by atoms with E-state index in [1.54, 1.807) is 36.4 Å². The molecule has 3 aromatic rings. The molecule has 0 spiro atoms. The molecule has 2 aromatic carbocycles. The number of carbonyl (C=O) groups excluding carboxylic acids is 6. The summed E-state index contributed by atoms with van der Waals surface area (Å²) in [5.74, 6) is -3.04. The summed E-state index contributed by atoms with van der Waals surface area (Å²) in [5, 5.41) is 15.5. The van der Waals surface area contributed by atoms with Crippen LogP contribution in [0.5, 0.6) is 0 Å². The van der Waals surface area contributed by atoms with Crippen molar-refractivity contribution in [2.45, 2.75) is 25.4 Å². The number of nitrogens with zero attached hydrogens (tertiary/aromatic N) is 2. The van der Waals surface area contributed by atoms with Gasteiger partial charge in [-0.1, -0.05) is 30.3 Å². The molecule has 0 saturated heterocycles. The highest BCUT2D eigenvalue weighted by Crippen LogP contribution is 2.33. The molecular weight excluding hydrogens is 506 g/mol. The highest BCUT2D eigenvalue weighted by molar-refractivity contribution is 6.11. The molecule has 0 saturated carbocycles. The van der Waals surface area contributed by atoms with Crippen LogP contribution in [0.25, 0.3) is 10.9 Å². The van der Waals surface area contributed by atoms with Crippen LogP contribution in [0.15, 0.2) is 54.6 Å². The Morgan fingerprint density at radius 1 is 1.10 bits per heavy atom. The maximum atomic E-state index is 13.8. The highest BCUT2D eigenvalue weighted by Gasteiger charge is 2.38. The van der Waals surface area contributed by atoms with Crippen LogP contribution >= 0.6 is 0 Å².